The molecule has 0 spiro atoms. The number of alkyl halides is 3. The topological polar surface area (TPSA) is 84.9 Å². The molecular formula is C27H18Br2F4N2O5S. The van der Waals surface area contributed by atoms with Crippen molar-refractivity contribution >= 4 is 72.4 Å². The first-order valence-electron chi connectivity index (χ1n) is 11.5. The van der Waals surface area contributed by atoms with Crippen LogP contribution in [0.1, 0.15) is 16.7 Å². The van der Waals surface area contributed by atoms with Crippen molar-refractivity contribution in [3.8, 4) is 11.5 Å². The molecule has 0 unspecified atom stereocenters. The number of nitrogens with zero attached hydrogens (tertiary/aromatic N) is 1. The Bertz CT molecular complexity index is 1520. The van der Waals surface area contributed by atoms with Crippen molar-refractivity contribution in [2.75, 3.05) is 19.0 Å². The molecule has 7 nitrogen and oxygen atoms in total. The lowest BCUT2D eigenvalue weighted by atomic mass is 10.1. The first-order valence-corrected chi connectivity index (χ1v) is 13.9. The number of anilines is 1. The second-order valence-corrected chi connectivity index (χ2v) is 11.2. The number of rotatable bonds is 8. The fourth-order valence-corrected chi connectivity index (χ4v) is 5.93. The van der Waals surface area contributed by atoms with Gasteiger partial charge in [-0.2, -0.15) is 13.2 Å². The standard InChI is InChI=1S/C27H18Br2F4N2O5S/c1-39-21-7-4-16(27(31,32)33)11-20(21)34-23(36)12-35-25(37)22(41-26(35)38)10-15-8-18(28)24(19(29)9-15)40-13-14-2-5-17(30)6-3-14/h2-11H,12-13H2,1H3,(H,34,36)/b22-10-. The summed E-state index contributed by atoms with van der Waals surface area (Å²) in [6, 6.07) is 11.7. The summed E-state index contributed by atoms with van der Waals surface area (Å²) in [5.74, 6) is -1.56. The van der Waals surface area contributed by atoms with Crippen LogP contribution in [0, 0.1) is 5.82 Å². The van der Waals surface area contributed by atoms with E-state index in [0.29, 0.717) is 43.0 Å². The lowest BCUT2D eigenvalue weighted by Crippen LogP contribution is -2.36. The Morgan fingerprint density at radius 1 is 1.05 bits per heavy atom. The molecule has 1 N–H and O–H groups in total. The van der Waals surface area contributed by atoms with Crippen molar-refractivity contribution in [2.45, 2.75) is 12.8 Å². The van der Waals surface area contributed by atoms with E-state index in [0.717, 1.165) is 17.7 Å². The molecular weight excluding hydrogens is 700 g/mol. The van der Waals surface area contributed by atoms with Crippen molar-refractivity contribution in [1.29, 1.82) is 0 Å². The van der Waals surface area contributed by atoms with E-state index in [9.17, 15) is 31.9 Å². The Labute approximate surface area is 252 Å². The van der Waals surface area contributed by atoms with Gasteiger partial charge in [0.25, 0.3) is 11.1 Å². The van der Waals surface area contributed by atoms with Gasteiger partial charge in [0, 0.05) is 0 Å². The Morgan fingerprint density at radius 3 is 2.32 bits per heavy atom. The van der Waals surface area contributed by atoms with E-state index in [-0.39, 0.29) is 28.8 Å². The van der Waals surface area contributed by atoms with Gasteiger partial charge in [-0.3, -0.25) is 19.3 Å². The zero-order chi connectivity index (χ0) is 29.9. The van der Waals surface area contributed by atoms with Gasteiger partial charge in [-0.25, -0.2) is 4.39 Å². The van der Waals surface area contributed by atoms with Crippen LogP contribution in [0.25, 0.3) is 6.08 Å². The van der Waals surface area contributed by atoms with Gasteiger partial charge in [0.2, 0.25) is 5.91 Å². The highest BCUT2D eigenvalue weighted by atomic mass is 79.9. The van der Waals surface area contributed by atoms with Crippen LogP contribution in [-0.4, -0.2) is 35.6 Å². The molecule has 3 aromatic rings. The maximum absolute atomic E-state index is 13.1. The Balaban J connectivity index is 1.45. The molecule has 214 valence electrons. The smallest absolute Gasteiger partial charge is 0.416 e. The van der Waals surface area contributed by atoms with Crippen LogP contribution in [0.5, 0.6) is 11.5 Å². The van der Waals surface area contributed by atoms with Gasteiger partial charge in [-0.1, -0.05) is 12.1 Å². The Morgan fingerprint density at radius 2 is 1.71 bits per heavy atom. The lowest BCUT2D eigenvalue weighted by molar-refractivity contribution is -0.137. The number of carbonyl (C=O) groups is 3. The Hall–Kier alpha value is -3.36. The molecule has 0 radical (unpaired) electrons. The van der Waals surface area contributed by atoms with E-state index < -0.39 is 35.3 Å². The lowest BCUT2D eigenvalue weighted by Gasteiger charge is -2.16. The molecule has 14 heteroatoms. The molecule has 3 amide bonds. The number of halogens is 6. The van der Waals surface area contributed by atoms with Crippen LogP contribution in [0.2, 0.25) is 0 Å². The quantitative estimate of drug-likeness (QED) is 0.191. The van der Waals surface area contributed by atoms with Crippen LogP contribution < -0.4 is 14.8 Å². The molecule has 0 atom stereocenters. The molecule has 0 saturated carbocycles. The highest BCUT2D eigenvalue weighted by Gasteiger charge is 2.37. The second-order valence-electron chi connectivity index (χ2n) is 8.46. The van der Waals surface area contributed by atoms with E-state index in [2.05, 4.69) is 37.2 Å². The van der Waals surface area contributed by atoms with Gasteiger partial charge < -0.3 is 14.8 Å². The zero-order valence-electron chi connectivity index (χ0n) is 20.9. The monoisotopic (exact) mass is 716 g/mol. The number of carbonyl (C=O) groups excluding carboxylic acids is 3. The molecule has 1 heterocycles. The largest absolute Gasteiger partial charge is 0.495 e. The van der Waals surface area contributed by atoms with Crippen molar-refractivity contribution < 1.29 is 41.4 Å². The molecule has 0 bridgehead atoms. The van der Waals surface area contributed by atoms with E-state index in [1.807, 2.05) is 0 Å². The number of nitrogens with one attached hydrogen (secondary N) is 1. The fourth-order valence-electron chi connectivity index (χ4n) is 3.64. The van der Waals surface area contributed by atoms with Gasteiger partial charge in [-0.05, 0) is 103 Å². The zero-order valence-corrected chi connectivity index (χ0v) is 24.8. The van der Waals surface area contributed by atoms with E-state index in [4.69, 9.17) is 9.47 Å². The number of methoxy groups -OCH3 is 1. The minimum Gasteiger partial charge on any atom is -0.495 e. The first-order chi connectivity index (χ1) is 19.3. The third-order valence-corrected chi connectivity index (χ3v) is 7.68. The summed E-state index contributed by atoms with van der Waals surface area (Å²) in [5, 5.41) is 1.55. The average molecular weight is 718 g/mol. The van der Waals surface area contributed by atoms with Crippen LogP contribution in [0.3, 0.4) is 0 Å². The van der Waals surface area contributed by atoms with Crippen LogP contribution in [0.4, 0.5) is 28.0 Å². The number of hydrogen-bond acceptors (Lipinski definition) is 6. The summed E-state index contributed by atoms with van der Waals surface area (Å²) in [7, 11) is 1.22. The van der Waals surface area contributed by atoms with E-state index in [1.165, 1.54) is 25.3 Å². The van der Waals surface area contributed by atoms with Gasteiger partial charge in [-0.15, -0.1) is 0 Å². The number of ether oxygens (including phenoxy) is 2. The summed E-state index contributed by atoms with van der Waals surface area (Å²) >= 11 is 7.45. The van der Waals surface area contributed by atoms with E-state index >= 15 is 0 Å². The number of amides is 3. The summed E-state index contributed by atoms with van der Waals surface area (Å²) in [6.07, 6.45) is -3.20. The molecule has 1 aliphatic heterocycles. The minimum atomic E-state index is -4.65. The number of imide groups is 1. The molecule has 3 aromatic carbocycles. The van der Waals surface area contributed by atoms with Crippen molar-refractivity contribution in [2.24, 2.45) is 0 Å². The molecule has 1 aliphatic rings. The van der Waals surface area contributed by atoms with Crippen LogP contribution in [-0.2, 0) is 22.4 Å². The average Bonchev–Trinajstić information content (AvgIpc) is 3.15. The SMILES string of the molecule is COc1ccc(C(F)(F)F)cc1NC(=O)CN1C(=O)S/C(=C\c2cc(Br)c(OCc3ccc(F)cc3)c(Br)c2)C1=O. The summed E-state index contributed by atoms with van der Waals surface area (Å²) in [5.41, 5.74) is 0.0122. The van der Waals surface area contributed by atoms with Gasteiger partial charge in [0.15, 0.2) is 0 Å². The molecule has 1 fully saturated rings. The molecule has 0 aromatic heterocycles. The highest BCUT2D eigenvalue weighted by molar-refractivity contribution is 9.11. The van der Waals surface area contributed by atoms with E-state index in [1.54, 1.807) is 24.3 Å². The van der Waals surface area contributed by atoms with Gasteiger partial charge in [0.1, 0.15) is 30.5 Å². The van der Waals surface area contributed by atoms with Crippen molar-refractivity contribution in [3.05, 3.63) is 91.0 Å². The van der Waals surface area contributed by atoms with Crippen molar-refractivity contribution in [1.82, 2.24) is 4.90 Å². The highest BCUT2D eigenvalue weighted by Crippen LogP contribution is 2.39. The van der Waals surface area contributed by atoms with Gasteiger partial charge >= 0.3 is 6.18 Å². The van der Waals surface area contributed by atoms with Crippen LogP contribution >= 0.6 is 43.6 Å². The van der Waals surface area contributed by atoms with Crippen LogP contribution in [0.15, 0.2) is 68.4 Å². The van der Waals surface area contributed by atoms with Gasteiger partial charge in [0.05, 0.1) is 32.2 Å². The third-order valence-electron chi connectivity index (χ3n) is 5.59. The molecule has 0 aliphatic carbocycles. The number of benzene rings is 3. The molecule has 1 saturated heterocycles. The van der Waals surface area contributed by atoms with Crippen molar-refractivity contribution in [3.63, 3.8) is 0 Å². The fraction of sp³-hybridized carbons (Fsp3) is 0.148. The predicted octanol–water partition coefficient (Wildman–Crippen LogP) is 7.63. The molecule has 4 rings (SSSR count). The summed E-state index contributed by atoms with van der Waals surface area (Å²) in [6.45, 7) is -0.547. The third kappa shape index (κ3) is 7.49. The second kappa shape index (κ2) is 12.7. The maximum atomic E-state index is 13.1. The summed E-state index contributed by atoms with van der Waals surface area (Å²) in [4.78, 5) is 38.8. The first kappa shape index (κ1) is 30.6. The number of hydrogen-bond donors (Lipinski definition) is 1. The predicted molar refractivity (Wildman–Crippen MR) is 152 cm³/mol. The normalized spacial score (nSPS) is 14.5. The summed E-state index contributed by atoms with van der Waals surface area (Å²) < 4.78 is 64.3. The number of thioether (sulfide) groups is 1. The maximum Gasteiger partial charge on any atom is 0.416 e. The minimum absolute atomic E-state index is 0.0263. The molecule has 41 heavy (non-hydrogen) atoms. The Kier molecular flexibility index (Phi) is 9.44.